The Balaban J connectivity index is 0.000000490. The zero-order valence-corrected chi connectivity index (χ0v) is 5.53. The summed E-state index contributed by atoms with van der Waals surface area (Å²) >= 11 is 0. The second kappa shape index (κ2) is 3.28. The van der Waals surface area contributed by atoms with Crippen LogP contribution in [0, 0.1) is 5.92 Å². The van der Waals surface area contributed by atoms with Gasteiger partial charge in [0.2, 0.25) is 0 Å². The second-order valence-electron chi connectivity index (χ2n) is 2.18. The van der Waals surface area contributed by atoms with Gasteiger partial charge in [-0.05, 0) is 18.8 Å². The van der Waals surface area contributed by atoms with Gasteiger partial charge in [-0.2, -0.15) is 0 Å². The van der Waals surface area contributed by atoms with E-state index in [9.17, 15) is 0 Å². The fourth-order valence-corrected chi connectivity index (χ4v) is 0.673. The summed E-state index contributed by atoms with van der Waals surface area (Å²) in [5.41, 5.74) is 5.43. The van der Waals surface area contributed by atoms with Gasteiger partial charge in [-0.1, -0.05) is 0 Å². The average molecular weight is 138 g/mol. The Labute approximate surface area is 55.5 Å². The number of rotatable bonds is 2. The quantitative estimate of drug-likeness (QED) is 0.569. The molecule has 0 heterocycles. The molecule has 0 aliphatic heterocycles. The van der Waals surface area contributed by atoms with Crippen LogP contribution in [0.3, 0.4) is 0 Å². The van der Waals surface area contributed by atoms with E-state index in [0.717, 1.165) is 0 Å². The number of aliphatic hydroxyl groups is 1. The highest BCUT2D eigenvalue weighted by atomic mass is 35.5. The highest BCUT2D eigenvalue weighted by molar-refractivity contribution is 5.85. The lowest BCUT2D eigenvalue weighted by Gasteiger charge is -2.01. The second-order valence-corrected chi connectivity index (χ2v) is 2.18. The van der Waals surface area contributed by atoms with Gasteiger partial charge in [-0.15, -0.1) is 12.4 Å². The third-order valence-electron chi connectivity index (χ3n) is 1.44. The van der Waals surface area contributed by atoms with Crippen molar-refractivity contribution in [3.05, 3.63) is 0 Å². The van der Waals surface area contributed by atoms with Gasteiger partial charge < -0.3 is 10.8 Å². The first-order valence-electron chi connectivity index (χ1n) is 2.71. The highest BCUT2D eigenvalue weighted by Gasteiger charge is 2.27. The van der Waals surface area contributed by atoms with E-state index in [4.69, 9.17) is 10.8 Å². The summed E-state index contributed by atoms with van der Waals surface area (Å²) in [7, 11) is 0. The minimum Gasteiger partial charge on any atom is -0.395 e. The van der Waals surface area contributed by atoms with Crippen molar-refractivity contribution in [3.8, 4) is 0 Å². The Kier molecular flexibility index (Phi) is 3.36. The summed E-state index contributed by atoms with van der Waals surface area (Å²) in [4.78, 5) is 0. The summed E-state index contributed by atoms with van der Waals surface area (Å²) in [5.74, 6) is 0.644. The molecule has 8 heavy (non-hydrogen) atoms. The zero-order chi connectivity index (χ0) is 5.28. The number of halogens is 1. The topological polar surface area (TPSA) is 46.2 Å². The molecule has 0 amide bonds. The SMILES string of the molecule is Cl.NC(CO)C1CC1. The van der Waals surface area contributed by atoms with Crippen molar-refractivity contribution in [1.82, 2.24) is 0 Å². The van der Waals surface area contributed by atoms with Crippen molar-refractivity contribution in [2.75, 3.05) is 6.61 Å². The van der Waals surface area contributed by atoms with Crippen molar-refractivity contribution in [2.24, 2.45) is 11.7 Å². The van der Waals surface area contributed by atoms with Crippen LogP contribution >= 0.6 is 12.4 Å². The third kappa shape index (κ3) is 1.99. The van der Waals surface area contributed by atoms with Crippen molar-refractivity contribution >= 4 is 12.4 Å². The van der Waals surface area contributed by atoms with Gasteiger partial charge in [0.1, 0.15) is 0 Å². The molecule has 0 spiro atoms. The lowest BCUT2D eigenvalue weighted by Crippen LogP contribution is -2.26. The van der Waals surface area contributed by atoms with E-state index < -0.39 is 0 Å². The molecule has 1 unspecified atom stereocenters. The molecule has 3 heteroatoms. The molecule has 1 aliphatic rings. The smallest absolute Gasteiger partial charge is 0.0585 e. The molecule has 1 saturated carbocycles. The van der Waals surface area contributed by atoms with E-state index >= 15 is 0 Å². The normalized spacial score (nSPS) is 21.8. The minimum absolute atomic E-state index is 0. The van der Waals surface area contributed by atoms with Crippen LogP contribution in [-0.4, -0.2) is 17.8 Å². The molecule has 50 valence electrons. The third-order valence-corrected chi connectivity index (χ3v) is 1.44. The molecular weight excluding hydrogens is 126 g/mol. The van der Waals surface area contributed by atoms with Gasteiger partial charge in [0.25, 0.3) is 0 Å². The van der Waals surface area contributed by atoms with Gasteiger partial charge in [0.05, 0.1) is 6.61 Å². The van der Waals surface area contributed by atoms with E-state index in [1.54, 1.807) is 0 Å². The molecule has 0 saturated heterocycles. The van der Waals surface area contributed by atoms with Crippen molar-refractivity contribution < 1.29 is 5.11 Å². The first-order chi connectivity index (χ1) is 3.34. The number of hydrogen-bond acceptors (Lipinski definition) is 2. The predicted octanol–water partition coefficient (Wildman–Crippen LogP) is 0.138. The Morgan fingerprint density at radius 1 is 1.62 bits per heavy atom. The molecule has 2 nitrogen and oxygen atoms in total. The molecule has 0 radical (unpaired) electrons. The summed E-state index contributed by atoms with van der Waals surface area (Å²) in [6.07, 6.45) is 2.45. The van der Waals surface area contributed by atoms with Crippen molar-refractivity contribution in [3.63, 3.8) is 0 Å². The largest absolute Gasteiger partial charge is 0.395 e. The standard InChI is InChI=1S/C5H11NO.ClH/c6-5(3-7)4-1-2-4;/h4-5,7H,1-3,6H2;1H. The number of nitrogens with two attached hydrogens (primary N) is 1. The molecule has 1 aliphatic carbocycles. The summed E-state index contributed by atoms with van der Waals surface area (Å²) < 4.78 is 0. The van der Waals surface area contributed by atoms with E-state index in [1.807, 2.05) is 0 Å². The Morgan fingerprint density at radius 2 is 2.12 bits per heavy atom. The van der Waals surface area contributed by atoms with Gasteiger partial charge in [-0.3, -0.25) is 0 Å². The van der Waals surface area contributed by atoms with Crippen LogP contribution in [0.1, 0.15) is 12.8 Å². The molecule has 1 atom stereocenters. The van der Waals surface area contributed by atoms with E-state index in [-0.39, 0.29) is 25.1 Å². The van der Waals surface area contributed by atoms with Gasteiger partial charge in [-0.25, -0.2) is 0 Å². The summed E-state index contributed by atoms with van der Waals surface area (Å²) in [6.45, 7) is 0.157. The lowest BCUT2D eigenvalue weighted by atomic mass is 10.2. The maximum atomic E-state index is 8.42. The van der Waals surface area contributed by atoms with Gasteiger partial charge >= 0.3 is 0 Å². The lowest BCUT2D eigenvalue weighted by molar-refractivity contribution is 0.254. The molecule has 0 aromatic heterocycles. The maximum absolute atomic E-state index is 8.42. The number of aliphatic hydroxyl groups excluding tert-OH is 1. The molecule has 0 aromatic carbocycles. The fourth-order valence-electron chi connectivity index (χ4n) is 0.673. The van der Waals surface area contributed by atoms with E-state index in [1.165, 1.54) is 12.8 Å². The van der Waals surface area contributed by atoms with E-state index in [2.05, 4.69) is 0 Å². The molecular formula is C5H12ClNO. The Morgan fingerprint density at radius 3 is 2.25 bits per heavy atom. The number of hydrogen-bond donors (Lipinski definition) is 2. The monoisotopic (exact) mass is 137 g/mol. The van der Waals surface area contributed by atoms with Crippen LogP contribution in [0.4, 0.5) is 0 Å². The molecule has 0 bridgehead atoms. The van der Waals surface area contributed by atoms with Crippen LogP contribution in [0.15, 0.2) is 0 Å². The maximum Gasteiger partial charge on any atom is 0.0585 e. The molecule has 0 aromatic rings. The van der Waals surface area contributed by atoms with Crippen LogP contribution in [0.25, 0.3) is 0 Å². The van der Waals surface area contributed by atoms with Crippen LogP contribution in [0.2, 0.25) is 0 Å². The first-order valence-corrected chi connectivity index (χ1v) is 2.71. The van der Waals surface area contributed by atoms with Crippen LogP contribution in [0.5, 0.6) is 0 Å². The summed E-state index contributed by atoms with van der Waals surface area (Å²) in [5, 5.41) is 8.42. The average Bonchev–Trinajstić information content (AvgIpc) is 2.44. The minimum atomic E-state index is 0. The molecule has 1 fully saturated rings. The van der Waals surface area contributed by atoms with E-state index in [0.29, 0.717) is 5.92 Å². The first kappa shape index (κ1) is 8.21. The highest BCUT2D eigenvalue weighted by Crippen LogP contribution is 2.30. The zero-order valence-electron chi connectivity index (χ0n) is 4.71. The van der Waals surface area contributed by atoms with Crippen molar-refractivity contribution in [1.29, 1.82) is 0 Å². The molecule has 1 rings (SSSR count). The van der Waals surface area contributed by atoms with Crippen LogP contribution < -0.4 is 5.73 Å². The summed E-state index contributed by atoms with van der Waals surface area (Å²) in [6, 6.07) is 0.0694. The van der Waals surface area contributed by atoms with Crippen LogP contribution in [-0.2, 0) is 0 Å². The van der Waals surface area contributed by atoms with Gasteiger partial charge in [0, 0.05) is 6.04 Å². The Bertz CT molecular complexity index is 65.4. The molecule has 3 N–H and O–H groups in total. The van der Waals surface area contributed by atoms with Crippen molar-refractivity contribution in [2.45, 2.75) is 18.9 Å². The Hall–Kier alpha value is 0.210. The van der Waals surface area contributed by atoms with Gasteiger partial charge in [0.15, 0.2) is 0 Å². The predicted molar refractivity (Wildman–Crippen MR) is 35.0 cm³/mol. The fraction of sp³-hybridized carbons (Fsp3) is 1.00.